The number of H-pyrrole nitrogens is 1. The standard InChI is InChI=1S/C18H20F3N7O/c19-18(20,21)11-7-12-13(9-25-16(12)24-8-11)15-14(22)10-26-17(27-15)23-1-2-28-3-5-29-6-4-28/h7-10H,1-6,22H2,(H,24,25)(H,23,26,27). The van der Waals surface area contributed by atoms with Gasteiger partial charge in [-0.15, -0.1) is 0 Å². The minimum absolute atomic E-state index is 0.266. The average molecular weight is 407 g/mol. The molecule has 11 heteroatoms. The summed E-state index contributed by atoms with van der Waals surface area (Å²) in [5.41, 5.74) is 6.56. The van der Waals surface area contributed by atoms with Crippen molar-refractivity contribution in [1.82, 2.24) is 24.8 Å². The van der Waals surface area contributed by atoms with Crippen LogP contribution in [-0.2, 0) is 10.9 Å². The maximum absolute atomic E-state index is 13.1. The first-order chi connectivity index (χ1) is 13.9. The molecule has 29 heavy (non-hydrogen) atoms. The van der Waals surface area contributed by atoms with E-state index in [1.165, 1.54) is 6.20 Å². The Morgan fingerprint density at radius 1 is 1.21 bits per heavy atom. The van der Waals surface area contributed by atoms with E-state index in [1.807, 2.05) is 0 Å². The van der Waals surface area contributed by atoms with E-state index in [-0.39, 0.29) is 5.69 Å². The molecule has 1 fully saturated rings. The molecule has 154 valence electrons. The van der Waals surface area contributed by atoms with Crippen molar-refractivity contribution in [2.45, 2.75) is 6.18 Å². The number of fused-ring (bicyclic) bond motifs is 1. The summed E-state index contributed by atoms with van der Waals surface area (Å²) in [4.78, 5) is 17.6. The molecule has 0 aromatic carbocycles. The Morgan fingerprint density at radius 3 is 2.76 bits per heavy atom. The summed E-state index contributed by atoms with van der Waals surface area (Å²) < 4.78 is 44.5. The molecule has 0 unspecified atom stereocenters. The summed E-state index contributed by atoms with van der Waals surface area (Å²) in [6.07, 6.45) is -0.697. The van der Waals surface area contributed by atoms with Gasteiger partial charge in [0.25, 0.3) is 0 Å². The van der Waals surface area contributed by atoms with Gasteiger partial charge in [-0.1, -0.05) is 0 Å². The number of aromatic nitrogens is 4. The highest BCUT2D eigenvalue weighted by Gasteiger charge is 2.31. The molecule has 0 spiro atoms. The summed E-state index contributed by atoms with van der Waals surface area (Å²) in [6, 6.07) is 1.04. The van der Waals surface area contributed by atoms with Crippen LogP contribution in [0.3, 0.4) is 0 Å². The van der Waals surface area contributed by atoms with Gasteiger partial charge in [0.15, 0.2) is 0 Å². The number of alkyl halides is 3. The second-order valence-corrected chi connectivity index (χ2v) is 6.70. The van der Waals surface area contributed by atoms with Gasteiger partial charge < -0.3 is 20.8 Å². The maximum atomic E-state index is 13.1. The zero-order valence-electron chi connectivity index (χ0n) is 15.5. The zero-order valence-corrected chi connectivity index (χ0v) is 15.5. The average Bonchev–Trinajstić information content (AvgIpc) is 3.12. The Morgan fingerprint density at radius 2 is 2.00 bits per heavy atom. The summed E-state index contributed by atoms with van der Waals surface area (Å²) in [7, 11) is 0. The van der Waals surface area contributed by atoms with Crippen molar-refractivity contribution in [1.29, 1.82) is 0 Å². The lowest BCUT2D eigenvalue weighted by Crippen LogP contribution is -2.39. The minimum atomic E-state index is -4.49. The van der Waals surface area contributed by atoms with Crippen molar-refractivity contribution in [3.8, 4) is 11.3 Å². The number of nitrogens with one attached hydrogen (secondary N) is 2. The topological polar surface area (TPSA) is 105 Å². The highest BCUT2D eigenvalue weighted by molar-refractivity contribution is 5.95. The van der Waals surface area contributed by atoms with E-state index < -0.39 is 11.7 Å². The van der Waals surface area contributed by atoms with Crippen LogP contribution in [-0.4, -0.2) is 64.2 Å². The van der Waals surface area contributed by atoms with Gasteiger partial charge in [-0.2, -0.15) is 13.2 Å². The molecule has 3 aromatic rings. The first kappa shape index (κ1) is 19.4. The Bertz CT molecular complexity index is 999. The first-order valence-electron chi connectivity index (χ1n) is 9.13. The van der Waals surface area contributed by atoms with E-state index in [0.717, 1.165) is 45.1 Å². The number of anilines is 2. The van der Waals surface area contributed by atoms with Crippen LogP contribution in [0.5, 0.6) is 0 Å². The van der Waals surface area contributed by atoms with E-state index in [2.05, 4.69) is 30.2 Å². The SMILES string of the molecule is Nc1cnc(NCCN2CCOCC2)nc1-c1c[nH]c2ncc(C(F)(F)F)cc12. The molecule has 0 aliphatic carbocycles. The number of nitrogens with two attached hydrogens (primary N) is 1. The fourth-order valence-corrected chi connectivity index (χ4v) is 3.20. The van der Waals surface area contributed by atoms with E-state index in [1.54, 1.807) is 6.20 Å². The smallest absolute Gasteiger partial charge is 0.396 e. The quantitative estimate of drug-likeness (QED) is 0.596. The van der Waals surface area contributed by atoms with Gasteiger partial charge in [-0.3, -0.25) is 4.90 Å². The molecule has 0 amide bonds. The maximum Gasteiger partial charge on any atom is 0.417 e. The Labute approximate surface area is 164 Å². The van der Waals surface area contributed by atoms with E-state index in [9.17, 15) is 13.2 Å². The molecule has 0 saturated carbocycles. The van der Waals surface area contributed by atoms with Gasteiger partial charge in [0.05, 0.1) is 30.7 Å². The number of hydrogen-bond acceptors (Lipinski definition) is 7. The Kier molecular flexibility index (Phi) is 5.24. The number of halogens is 3. The number of rotatable bonds is 5. The number of ether oxygens (including phenoxy) is 1. The van der Waals surface area contributed by atoms with Gasteiger partial charge in [0.1, 0.15) is 11.3 Å². The third kappa shape index (κ3) is 4.25. The highest BCUT2D eigenvalue weighted by atomic mass is 19.4. The van der Waals surface area contributed by atoms with Crippen LogP contribution < -0.4 is 11.1 Å². The van der Waals surface area contributed by atoms with Crippen LogP contribution in [0.15, 0.2) is 24.7 Å². The predicted octanol–water partition coefficient (Wildman–Crippen LogP) is 2.37. The molecular weight excluding hydrogens is 387 g/mol. The van der Waals surface area contributed by atoms with Crippen LogP contribution >= 0.6 is 0 Å². The zero-order chi connectivity index (χ0) is 20.4. The van der Waals surface area contributed by atoms with E-state index >= 15 is 0 Å². The van der Waals surface area contributed by atoms with Gasteiger partial charge >= 0.3 is 6.18 Å². The molecule has 1 aliphatic heterocycles. The van der Waals surface area contributed by atoms with Crippen LogP contribution in [0.25, 0.3) is 22.3 Å². The second-order valence-electron chi connectivity index (χ2n) is 6.70. The van der Waals surface area contributed by atoms with Crippen molar-refractivity contribution in [3.63, 3.8) is 0 Å². The number of pyridine rings is 1. The summed E-state index contributed by atoms with van der Waals surface area (Å²) in [5.74, 6) is 0.358. The van der Waals surface area contributed by atoms with Crippen LogP contribution in [0.4, 0.5) is 24.8 Å². The molecule has 4 heterocycles. The molecule has 0 radical (unpaired) electrons. The second kappa shape index (κ2) is 7.84. The number of aromatic amines is 1. The normalized spacial score (nSPS) is 15.7. The van der Waals surface area contributed by atoms with Crippen molar-refractivity contribution in [2.24, 2.45) is 0 Å². The van der Waals surface area contributed by atoms with Gasteiger partial charge in [-0.05, 0) is 6.07 Å². The minimum Gasteiger partial charge on any atom is -0.396 e. The van der Waals surface area contributed by atoms with Gasteiger partial charge in [0, 0.05) is 49.5 Å². The molecule has 4 rings (SSSR count). The highest BCUT2D eigenvalue weighted by Crippen LogP contribution is 2.35. The number of hydrogen-bond donors (Lipinski definition) is 3. The van der Waals surface area contributed by atoms with Crippen molar-refractivity contribution < 1.29 is 17.9 Å². The molecule has 1 saturated heterocycles. The third-order valence-corrected chi connectivity index (χ3v) is 4.75. The van der Waals surface area contributed by atoms with Gasteiger partial charge in [0.2, 0.25) is 5.95 Å². The lowest BCUT2D eigenvalue weighted by molar-refractivity contribution is -0.137. The largest absolute Gasteiger partial charge is 0.417 e. The van der Waals surface area contributed by atoms with Crippen LogP contribution in [0.2, 0.25) is 0 Å². The molecule has 4 N–H and O–H groups in total. The predicted molar refractivity (Wildman–Crippen MR) is 102 cm³/mol. The Balaban J connectivity index is 1.57. The van der Waals surface area contributed by atoms with Gasteiger partial charge in [-0.25, -0.2) is 15.0 Å². The number of nitrogen functional groups attached to an aromatic ring is 1. The fourth-order valence-electron chi connectivity index (χ4n) is 3.20. The van der Waals surface area contributed by atoms with Crippen molar-refractivity contribution >= 4 is 22.7 Å². The molecule has 0 bridgehead atoms. The third-order valence-electron chi connectivity index (χ3n) is 4.75. The van der Waals surface area contributed by atoms with E-state index in [4.69, 9.17) is 10.5 Å². The molecule has 8 nitrogen and oxygen atoms in total. The summed E-state index contributed by atoms with van der Waals surface area (Å²) in [5, 5.41) is 3.43. The molecule has 0 atom stereocenters. The van der Waals surface area contributed by atoms with E-state index in [0.29, 0.717) is 34.8 Å². The lowest BCUT2D eigenvalue weighted by Gasteiger charge is -2.26. The van der Waals surface area contributed by atoms with Crippen molar-refractivity contribution in [3.05, 3.63) is 30.2 Å². The molecular formula is C18H20F3N7O. The molecule has 1 aliphatic rings. The van der Waals surface area contributed by atoms with Crippen LogP contribution in [0, 0.1) is 0 Å². The fraction of sp³-hybridized carbons (Fsp3) is 0.389. The monoisotopic (exact) mass is 407 g/mol. The number of nitrogens with zero attached hydrogens (tertiary/aromatic N) is 4. The molecule has 3 aromatic heterocycles. The summed E-state index contributed by atoms with van der Waals surface area (Å²) >= 11 is 0. The number of morpholine rings is 1. The van der Waals surface area contributed by atoms with Crippen molar-refractivity contribution in [2.75, 3.05) is 50.4 Å². The lowest BCUT2D eigenvalue weighted by atomic mass is 10.1. The summed E-state index contributed by atoms with van der Waals surface area (Å²) in [6.45, 7) is 4.61. The Hall–Kier alpha value is -2.92. The van der Waals surface area contributed by atoms with Crippen LogP contribution in [0.1, 0.15) is 5.56 Å². The first-order valence-corrected chi connectivity index (χ1v) is 9.13.